The predicted octanol–water partition coefficient (Wildman–Crippen LogP) is 2.57. The monoisotopic (exact) mass is 341 g/mol. The third kappa shape index (κ3) is 3.12. The summed E-state index contributed by atoms with van der Waals surface area (Å²) in [5, 5.41) is 3.23. The smallest absolute Gasteiger partial charge is 0.318 e. The van der Waals surface area contributed by atoms with Crippen molar-refractivity contribution in [1.29, 1.82) is 0 Å². The Morgan fingerprint density at radius 2 is 1.72 bits per heavy atom. The summed E-state index contributed by atoms with van der Waals surface area (Å²) in [4.78, 5) is 28.8. The molecule has 1 aromatic carbocycles. The van der Waals surface area contributed by atoms with Crippen LogP contribution in [-0.2, 0) is 11.2 Å². The molecule has 2 atom stereocenters. The number of hydrogen-bond acceptors (Lipinski definition) is 2. The van der Waals surface area contributed by atoms with E-state index in [9.17, 15) is 9.59 Å². The Labute approximate surface area is 149 Å². The zero-order valence-corrected chi connectivity index (χ0v) is 14.9. The molecule has 1 saturated carbocycles. The lowest BCUT2D eigenvalue weighted by Crippen LogP contribution is -2.55. The van der Waals surface area contributed by atoms with Crippen LogP contribution < -0.4 is 5.32 Å². The minimum absolute atomic E-state index is 0.00398. The average molecular weight is 341 g/mol. The second-order valence-electron chi connectivity index (χ2n) is 7.75. The SMILES string of the molecule is C[C@H]1Cc2ccccc2[C@@H]1NC(=O)N1CCN(C(=O)C2CCC2)CC1. The molecule has 3 amide bonds. The van der Waals surface area contributed by atoms with E-state index in [0.29, 0.717) is 38.0 Å². The van der Waals surface area contributed by atoms with Gasteiger partial charge in [-0.1, -0.05) is 37.6 Å². The first-order chi connectivity index (χ1) is 12.1. The van der Waals surface area contributed by atoms with Crippen molar-refractivity contribution in [3.8, 4) is 0 Å². The van der Waals surface area contributed by atoms with E-state index in [1.165, 1.54) is 17.5 Å². The molecule has 0 unspecified atom stereocenters. The van der Waals surface area contributed by atoms with Crippen molar-refractivity contribution in [3.05, 3.63) is 35.4 Å². The second kappa shape index (κ2) is 6.70. The first-order valence-electron chi connectivity index (χ1n) is 9.55. The molecule has 1 saturated heterocycles. The van der Waals surface area contributed by atoms with Gasteiger partial charge in [0, 0.05) is 32.1 Å². The molecule has 2 fully saturated rings. The largest absolute Gasteiger partial charge is 0.339 e. The topological polar surface area (TPSA) is 52.7 Å². The molecule has 1 N–H and O–H groups in total. The van der Waals surface area contributed by atoms with Crippen LogP contribution in [0.5, 0.6) is 0 Å². The highest BCUT2D eigenvalue weighted by atomic mass is 16.2. The number of carbonyl (C=O) groups is 2. The van der Waals surface area contributed by atoms with Gasteiger partial charge < -0.3 is 15.1 Å². The number of nitrogens with zero attached hydrogens (tertiary/aromatic N) is 2. The van der Waals surface area contributed by atoms with Crippen LogP contribution in [0.2, 0.25) is 0 Å². The average Bonchev–Trinajstić information content (AvgIpc) is 2.89. The van der Waals surface area contributed by atoms with Crippen LogP contribution in [0.15, 0.2) is 24.3 Å². The molecule has 0 spiro atoms. The Kier molecular flexibility index (Phi) is 4.40. The van der Waals surface area contributed by atoms with Crippen LogP contribution in [0.4, 0.5) is 4.79 Å². The van der Waals surface area contributed by atoms with Crippen LogP contribution in [0.25, 0.3) is 0 Å². The van der Waals surface area contributed by atoms with Gasteiger partial charge in [-0.3, -0.25) is 4.79 Å². The van der Waals surface area contributed by atoms with E-state index in [1.54, 1.807) is 0 Å². The van der Waals surface area contributed by atoms with Crippen molar-refractivity contribution in [2.24, 2.45) is 11.8 Å². The minimum Gasteiger partial charge on any atom is -0.339 e. The third-order valence-electron chi connectivity index (χ3n) is 6.11. The fourth-order valence-corrected chi connectivity index (χ4v) is 4.28. The summed E-state index contributed by atoms with van der Waals surface area (Å²) in [6, 6.07) is 8.49. The molecule has 1 heterocycles. The van der Waals surface area contributed by atoms with Gasteiger partial charge in [0.15, 0.2) is 0 Å². The van der Waals surface area contributed by atoms with Crippen molar-refractivity contribution < 1.29 is 9.59 Å². The van der Waals surface area contributed by atoms with Crippen LogP contribution in [0, 0.1) is 11.8 Å². The maximum Gasteiger partial charge on any atom is 0.318 e. The van der Waals surface area contributed by atoms with Crippen molar-refractivity contribution in [2.75, 3.05) is 26.2 Å². The molecule has 0 aromatic heterocycles. The molecular formula is C20H27N3O2. The van der Waals surface area contributed by atoms with Gasteiger partial charge in [-0.15, -0.1) is 0 Å². The molecule has 0 bridgehead atoms. The van der Waals surface area contributed by atoms with E-state index in [4.69, 9.17) is 0 Å². The second-order valence-corrected chi connectivity index (χ2v) is 7.75. The quantitative estimate of drug-likeness (QED) is 0.899. The van der Waals surface area contributed by atoms with E-state index >= 15 is 0 Å². The Balaban J connectivity index is 1.33. The van der Waals surface area contributed by atoms with Crippen molar-refractivity contribution in [2.45, 2.75) is 38.6 Å². The minimum atomic E-state index is 0.00398. The van der Waals surface area contributed by atoms with Crippen LogP contribution in [0.3, 0.4) is 0 Å². The lowest BCUT2D eigenvalue weighted by atomic mass is 9.84. The van der Waals surface area contributed by atoms with Gasteiger partial charge in [-0.2, -0.15) is 0 Å². The normalized spacial score (nSPS) is 26.1. The molecule has 5 heteroatoms. The van der Waals surface area contributed by atoms with Gasteiger partial charge in [0.1, 0.15) is 0 Å². The summed E-state index contributed by atoms with van der Waals surface area (Å²) >= 11 is 0. The summed E-state index contributed by atoms with van der Waals surface area (Å²) in [6.07, 6.45) is 4.28. The number of hydrogen-bond donors (Lipinski definition) is 1. The highest BCUT2D eigenvalue weighted by Crippen LogP contribution is 2.35. The Bertz CT molecular complexity index is 663. The van der Waals surface area contributed by atoms with E-state index in [2.05, 4.69) is 30.4 Å². The van der Waals surface area contributed by atoms with Crippen molar-refractivity contribution in [3.63, 3.8) is 0 Å². The first kappa shape index (κ1) is 16.4. The van der Waals surface area contributed by atoms with Gasteiger partial charge in [0.25, 0.3) is 0 Å². The van der Waals surface area contributed by atoms with E-state index < -0.39 is 0 Å². The number of fused-ring (bicyclic) bond motifs is 1. The number of urea groups is 1. The van der Waals surface area contributed by atoms with Gasteiger partial charge in [0.05, 0.1) is 6.04 Å². The Morgan fingerprint density at radius 3 is 2.40 bits per heavy atom. The number of amides is 3. The van der Waals surface area contributed by atoms with Gasteiger partial charge in [-0.25, -0.2) is 4.79 Å². The lowest BCUT2D eigenvalue weighted by molar-refractivity contribution is -0.139. The predicted molar refractivity (Wildman–Crippen MR) is 96.1 cm³/mol. The fraction of sp³-hybridized carbons (Fsp3) is 0.600. The third-order valence-corrected chi connectivity index (χ3v) is 6.11. The van der Waals surface area contributed by atoms with Gasteiger partial charge in [-0.05, 0) is 36.3 Å². The van der Waals surface area contributed by atoms with Crippen LogP contribution >= 0.6 is 0 Å². The molecule has 0 radical (unpaired) electrons. The molecular weight excluding hydrogens is 314 g/mol. The highest BCUT2D eigenvalue weighted by Gasteiger charge is 2.34. The number of benzene rings is 1. The van der Waals surface area contributed by atoms with Crippen molar-refractivity contribution >= 4 is 11.9 Å². The maximum atomic E-state index is 12.7. The molecule has 25 heavy (non-hydrogen) atoms. The lowest BCUT2D eigenvalue weighted by Gasteiger charge is -2.38. The molecule has 3 aliphatic rings. The summed E-state index contributed by atoms with van der Waals surface area (Å²) in [7, 11) is 0. The zero-order chi connectivity index (χ0) is 17.4. The maximum absolute atomic E-state index is 12.7. The summed E-state index contributed by atoms with van der Waals surface area (Å²) in [5.41, 5.74) is 2.60. The van der Waals surface area contributed by atoms with Crippen LogP contribution in [0.1, 0.15) is 43.4 Å². The summed E-state index contributed by atoms with van der Waals surface area (Å²) < 4.78 is 0. The number of nitrogens with one attached hydrogen (secondary N) is 1. The number of carbonyl (C=O) groups excluding carboxylic acids is 2. The van der Waals surface area contributed by atoms with Gasteiger partial charge in [0.2, 0.25) is 5.91 Å². The number of rotatable bonds is 2. The summed E-state index contributed by atoms with van der Waals surface area (Å²) in [6.45, 7) is 4.79. The van der Waals surface area contributed by atoms with Gasteiger partial charge >= 0.3 is 6.03 Å². The van der Waals surface area contributed by atoms with Crippen LogP contribution in [-0.4, -0.2) is 47.9 Å². The van der Waals surface area contributed by atoms with E-state index in [-0.39, 0.29) is 18.0 Å². The molecule has 1 aromatic rings. The molecule has 5 nitrogen and oxygen atoms in total. The van der Waals surface area contributed by atoms with E-state index in [1.807, 2.05) is 15.9 Å². The molecule has 4 rings (SSSR count). The molecule has 134 valence electrons. The molecule has 1 aliphatic heterocycles. The fourth-order valence-electron chi connectivity index (χ4n) is 4.28. The first-order valence-corrected chi connectivity index (χ1v) is 9.55. The molecule has 2 aliphatic carbocycles. The summed E-state index contributed by atoms with van der Waals surface area (Å²) in [5.74, 6) is 0.962. The zero-order valence-electron chi connectivity index (χ0n) is 14.9. The standard InChI is InChI=1S/C20H27N3O2/c1-14-13-16-5-2-3-8-17(16)18(14)21-20(25)23-11-9-22(10-12-23)19(24)15-6-4-7-15/h2-3,5,8,14-15,18H,4,6-7,9-13H2,1H3,(H,21,25)/t14-,18+/m0/s1. The Morgan fingerprint density at radius 1 is 1.04 bits per heavy atom. The van der Waals surface area contributed by atoms with Crippen molar-refractivity contribution in [1.82, 2.24) is 15.1 Å². The Hall–Kier alpha value is -2.04. The van der Waals surface area contributed by atoms with E-state index in [0.717, 1.165) is 19.3 Å². The number of piperazine rings is 1. The highest BCUT2D eigenvalue weighted by molar-refractivity contribution is 5.80.